The van der Waals surface area contributed by atoms with E-state index >= 15 is 0 Å². The van der Waals surface area contributed by atoms with Crippen LogP contribution in [0.25, 0.3) is 0 Å². The minimum absolute atomic E-state index is 0.0328. The van der Waals surface area contributed by atoms with Crippen LogP contribution >= 0.6 is 0 Å². The maximum Gasteiger partial charge on any atom is 0.157 e. The summed E-state index contributed by atoms with van der Waals surface area (Å²) in [5.41, 5.74) is 1.19. The fourth-order valence-corrected chi connectivity index (χ4v) is 1.65. The highest BCUT2D eigenvalue weighted by molar-refractivity contribution is 5.07. The summed E-state index contributed by atoms with van der Waals surface area (Å²) in [7, 11) is 1.70. The van der Waals surface area contributed by atoms with Gasteiger partial charge in [-0.05, 0) is 26.7 Å². The minimum atomic E-state index is -0.0328. The fraction of sp³-hybridized carbons (Fsp3) is 0.714. The molecule has 1 rings (SSSR count). The minimum Gasteiger partial charge on any atom is -0.373 e. The smallest absolute Gasteiger partial charge is 0.157 e. The second kappa shape index (κ2) is 6.25. The van der Waals surface area contributed by atoms with E-state index in [4.69, 9.17) is 4.74 Å². The van der Waals surface area contributed by atoms with Gasteiger partial charge in [0.1, 0.15) is 6.10 Å². The first kappa shape index (κ1) is 15.1. The first-order chi connectivity index (χ1) is 8.33. The molecule has 1 aromatic rings. The van der Waals surface area contributed by atoms with Crippen molar-refractivity contribution in [1.82, 2.24) is 15.3 Å². The first-order valence-corrected chi connectivity index (χ1v) is 6.42. The van der Waals surface area contributed by atoms with E-state index in [0.29, 0.717) is 5.92 Å². The van der Waals surface area contributed by atoms with Crippen LogP contribution in [-0.2, 0) is 11.3 Å². The zero-order chi connectivity index (χ0) is 13.8. The molecule has 18 heavy (non-hydrogen) atoms. The third-order valence-corrected chi connectivity index (χ3v) is 2.66. The van der Waals surface area contributed by atoms with Crippen LogP contribution in [0, 0.1) is 5.92 Å². The van der Waals surface area contributed by atoms with Crippen molar-refractivity contribution in [2.45, 2.75) is 52.8 Å². The Labute approximate surface area is 110 Å². The van der Waals surface area contributed by atoms with Gasteiger partial charge in [0.2, 0.25) is 0 Å². The standard InChI is InChI=1S/C14H25N3O/c1-10(2)12(18-6)13-15-7-11(8-16-13)9-17-14(3,4)5/h7-8,10,12,17H,9H2,1-6H3. The predicted octanol–water partition coefficient (Wildman–Crippen LogP) is 2.71. The highest BCUT2D eigenvalue weighted by atomic mass is 16.5. The molecule has 0 radical (unpaired) electrons. The molecule has 0 spiro atoms. The lowest BCUT2D eigenvalue weighted by molar-refractivity contribution is 0.0574. The molecule has 4 heteroatoms. The SMILES string of the molecule is COC(c1ncc(CNC(C)(C)C)cn1)C(C)C. The van der Waals surface area contributed by atoms with Crippen molar-refractivity contribution in [3.63, 3.8) is 0 Å². The number of hydrogen-bond donors (Lipinski definition) is 1. The summed E-state index contributed by atoms with van der Waals surface area (Å²) >= 11 is 0. The molecule has 1 atom stereocenters. The molecule has 0 aliphatic carbocycles. The molecular formula is C14H25N3O. The maximum absolute atomic E-state index is 5.41. The molecule has 1 unspecified atom stereocenters. The van der Waals surface area contributed by atoms with E-state index in [2.05, 4.69) is 49.9 Å². The number of aromatic nitrogens is 2. The van der Waals surface area contributed by atoms with E-state index in [1.807, 2.05) is 12.4 Å². The van der Waals surface area contributed by atoms with Crippen LogP contribution in [0.3, 0.4) is 0 Å². The Morgan fingerprint density at radius 1 is 1.22 bits per heavy atom. The van der Waals surface area contributed by atoms with Gasteiger partial charge in [0, 0.05) is 37.2 Å². The Bertz CT molecular complexity index is 354. The Hall–Kier alpha value is -1.00. The lowest BCUT2D eigenvalue weighted by Gasteiger charge is -2.21. The second-order valence-corrected chi connectivity index (χ2v) is 5.95. The average Bonchev–Trinajstić information content (AvgIpc) is 2.27. The summed E-state index contributed by atoms with van der Waals surface area (Å²) < 4.78 is 5.41. The van der Waals surface area contributed by atoms with Gasteiger partial charge in [-0.25, -0.2) is 9.97 Å². The van der Waals surface area contributed by atoms with Gasteiger partial charge in [-0.15, -0.1) is 0 Å². The topological polar surface area (TPSA) is 47.0 Å². The molecule has 0 amide bonds. The molecule has 0 fully saturated rings. The van der Waals surface area contributed by atoms with E-state index < -0.39 is 0 Å². The van der Waals surface area contributed by atoms with E-state index in [1.54, 1.807) is 7.11 Å². The van der Waals surface area contributed by atoms with Crippen molar-refractivity contribution in [3.05, 3.63) is 23.8 Å². The van der Waals surface area contributed by atoms with Crippen LogP contribution in [0.1, 0.15) is 52.1 Å². The lowest BCUT2D eigenvalue weighted by Crippen LogP contribution is -2.35. The third-order valence-electron chi connectivity index (χ3n) is 2.66. The van der Waals surface area contributed by atoms with E-state index in [-0.39, 0.29) is 11.6 Å². The summed E-state index contributed by atoms with van der Waals surface area (Å²) in [6.45, 7) is 11.4. The van der Waals surface area contributed by atoms with Crippen molar-refractivity contribution < 1.29 is 4.74 Å². The summed E-state index contributed by atoms with van der Waals surface area (Å²) in [6.07, 6.45) is 3.71. The van der Waals surface area contributed by atoms with Crippen molar-refractivity contribution in [2.75, 3.05) is 7.11 Å². The molecule has 1 heterocycles. The van der Waals surface area contributed by atoms with Crippen LogP contribution in [0.5, 0.6) is 0 Å². The van der Waals surface area contributed by atoms with Gasteiger partial charge in [0.25, 0.3) is 0 Å². The molecule has 1 N–H and O–H groups in total. The van der Waals surface area contributed by atoms with E-state index in [9.17, 15) is 0 Å². The highest BCUT2D eigenvalue weighted by Crippen LogP contribution is 2.21. The zero-order valence-electron chi connectivity index (χ0n) is 12.3. The maximum atomic E-state index is 5.41. The lowest BCUT2D eigenvalue weighted by atomic mass is 10.1. The van der Waals surface area contributed by atoms with Gasteiger partial charge in [0.05, 0.1) is 0 Å². The molecular weight excluding hydrogens is 226 g/mol. The molecule has 4 nitrogen and oxygen atoms in total. The monoisotopic (exact) mass is 251 g/mol. The van der Waals surface area contributed by atoms with Crippen molar-refractivity contribution in [3.8, 4) is 0 Å². The number of nitrogens with zero attached hydrogens (tertiary/aromatic N) is 2. The van der Waals surface area contributed by atoms with Gasteiger partial charge >= 0.3 is 0 Å². The number of methoxy groups -OCH3 is 1. The van der Waals surface area contributed by atoms with Crippen molar-refractivity contribution in [1.29, 1.82) is 0 Å². The number of ether oxygens (including phenoxy) is 1. The highest BCUT2D eigenvalue weighted by Gasteiger charge is 2.17. The molecule has 0 aromatic carbocycles. The Morgan fingerprint density at radius 3 is 2.17 bits per heavy atom. The molecule has 0 saturated carbocycles. The molecule has 0 saturated heterocycles. The summed E-state index contributed by atoms with van der Waals surface area (Å²) in [5, 5.41) is 3.41. The molecule has 0 bridgehead atoms. The molecule has 0 aliphatic heterocycles. The average molecular weight is 251 g/mol. The number of hydrogen-bond acceptors (Lipinski definition) is 4. The van der Waals surface area contributed by atoms with Gasteiger partial charge in [0.15, 0.2) is 5.82 Å². The molecule has 102 valence electrons. The van der Waals surface area contributed by atoms with Crippen molar-refractivity contribution >= 4 is 0 Å². The van der Waals surface area contributed by atoms with Crippen LogP contribution in [0.4, 0.5) is 0 Å². The van der Waals surface area contributed by atoms with Gasteiger partial charge in [-0.3, -0.25) is 0 Å². The number of rotatable bonds is 5. The summed E-state index contributed by atoms with van der Waals surface area (Å²) in [5.74, 6) is 1.13. The first-order valence-electron chi connectivity index (χ1n) is 6.42. The molecule has 0 aliphatic rings. The van der Waals surface area contributed by atoms with Crippen LogP contribution < -0.4 is 5.32 Å². The largest absolute Gasteiger partial charge is 0.373 e. The third kappa shape index (κ3) is 4.70. The predicted molar refractivity (Wildman–Crippen MR) is 73.2 cm³/mol. The van der Waals surface area contributed by atoms with Crippen LogP contribution in [-0.4, -0.2) is 22.6 Å². The van der Waals surface area contributed by atoms with Crippen molar-refractivity contribution in [2.24, 2.45) is 5.92 Å². The summed E-state index contributed by atoms with van der Waals surface area (Å²) in [4.78, 5) is 8.79. The van der Waals surface area contributed by atoms with E-state index in [0.717, 1.165) is 17.9 Å². The normalized spacial score (nSPS) is 13.9. The van der Waals surface area contributed by atoms with Gasteiger partial charge in [-0.2, -0.15) is 0 Å². The quantitative estimate of drug-likeness (QED) is 0.874. The van der Waals surface area contributed by atoms with Crippen LogP contribution in [0.15, 0.2) is 12.4 Å². The zero-order valence-corrected chi connectivity index (χ0v) is 12.3. The van der Waals surface area contributed by atoms with Gasteiger partial charge in [-0.1, -0.05) is 13.8 Å². The molecule has 1 aromatic heterocycles. The van der Waals surface area contributed by atoms with E-state index in [1.165, 1.54) is 0 Å². The number of nitrogens with one attached hydrogen (secondary N) is 1. The van der Waals surface area contributed by atoms with Crippen LogP contribution in [0.2, 0.25) is 0 Å². The summed E-state index contributed by atoms with van der Waals surface area (Å²) in [6, 6.07) is 0. The second-order valence-electron chi connectivity index (χ2n) is 5.95. The fourth-order valence-electron chi connectivity index (χ4n) is 1.65. The Balaban J connectivity index is 2.68. The Kier molecular flexibility index (Phi) is 5.23. The van der Waals surface area contributed by atoms with Gasteiger partial charge < -0.3 is 10.1 Å². The Morgan fingerprint density at radius 2 is 1.78 bits per heavy atom.